The number of hydrogen-bond acceptors (Lipinski definition) is 3. The largest absolute Gasteiger partial charge is 0.357 e. The minimum atomic E-state index is -3.44. The van der Waals surface area contributed by atoms with Gasteiger partial charge in [-0.3, -0.25) is 0 Å². The third-order valence-electron chi connectivity index (χ3n) is 3.92. The van der Waals surface area contributed by atoms with E-state index in [-0.39, 0.29) is 10.7 Å². The van der Waals surface area contributed by atoms with E-state index in [0.29, 0.717) is 25.6 Å². The summed E-state index contributed by atoms with van der Waals surface area (Å²) < 4.78 is 39.2. The standard InChI is InChI=1S/C19H25FN4O2S/c1-4-22-19(24(3)14-16-6-5-7-17(20)12-16)23-13-15-8-10-18(11-9-15)27(25,26)21-2/h5-12,21H,4,13-14H2,1-3H3,(H,22,23). The summed E-state index contributed by atoms with van der Waals surface area (Å²) in [4.78, 5) is 6.72. The average Bonchev–Trinajstić information content (AvgIpc) is 2.65. The summed E-state index contributed by atoms with van der Waals surface area (Å²) in [6.07, 6.45) is 0. The topological polar surface area (TPSA) is 73.8 Å². The van der Waals surface area contributed by atoms with Crippen molar-refractivity contribution in [2.45, 2.75) is 24.9 Å². The van der Waals surface area contributed by atoms with Gasteiger partial charge in [-0.25, -0.2) is 22.5 Å². The van der Waals surface area contributed by atoms with E-state index in [1.807, 2.05) is 24.9 Å². The molecule has 0 aromatic heterocycles. The summed E-state index contributed by atoms with van der Waals surface area (Å²) in [6, 6.07) is 13.1. The van der Waals surface area contributed by atoms with Crippen molar-refractivity contribution in [3.8, 4) is 0 Å². The lowest BCUT2D eigenvalue weighted by atomic mass is 10.2. The zero-order valence-corrected chi connectivity index (χ0v) is 16.6. The number of nitrogens with zero attached hydrogens (tertiary/aromatic N) is 2. The van der Waals surface area contributed by atoms with Gasteiger partial charge in [-0.2, -0.15) is 0 Å². The average molecular weight is 393 g/mol. The van der Waals surface area contributed by atoms with Crippen molar-refractivity contribution < 1.29 is 12.8 Å². The van der Waals surface area contributed by atoms with Crippen LogP contribution in [0.25, 0.3) is 0 Å². The van der Waals surface area contributed by atoms with E-state index >= 15 is 0 Å². The first kappa shape index (κ1) is 20.9. The summed E-state index contributed by atoms with van der Waals surface area (Å²) in [5.74, 6) is 0.424. The van der Waals surface area contributed by atoms with Gasteiger partial charge < -0.3 is 10.2 Å². The van der Waals surface area contributed by atoms with Crippen LogP contribution in [0.4, 0.5) is 4.39 Å². The highest BCUT2D eigenvalue weighted by atomic mass is 32.2. The Balaban J connectivity index is 2.10. The van der Waals surface area contributed by atoms with Gasteiger partial charge in [0.25, 0.3) is 0 Å². The second kappa shape index (κ2) is 9.48. The van der Waals surface area contributed by atoms with Gasteiger partial charge in [-0.05, 0) is 49.4 Å². The molecule has 2 aromatic rings. The summed E-state index contributed by atoms with van der Waals surface area (Å²) in [7, 11) is -0.180. The lowest BCUT2D eigenvalue weighted by Crippen LogP contribution is -2.38. The van der Waals surface area contributed by atoms with Gasteiger partial charge in [-0.15, -0.1) is 0 Å². The number of benzene rings is 2. The minimum absolute atomic E-state index is 0.216. The van der Waals surface area contributed by atoms with E-state index in [1.54, 1.807) is 30.3 Å². The van der Waals surface area contributed by atoms with E-state index in [9.17, 15) is 12.8 Å². The molecule has 0 saturated carbocycles. The van der Waals surface area contributed by atoms with Crippen LogP contribution in [0.3, 0.4) is 0 Å². The molecule has 0 amide bonds. The first-order valence-corrected chi connectivity index (χ1v) is 10.1. The van der Waals surface area contributed by atoms with Crippen LogP contribution in [-0.2, 0) is 23.1 Å². The lowest BCUT2D eigenvalue weighted by Gasteiger charge is -2.22. The van der Waals surface area contributed by atoms with Crippen LogP contribution in [-0.4, -0.2) is 39.9 Å². The maximum absolute atomic E-state index is 13.4. The fraction of sp³-hybridized carbons (Fsp3) is 0.316. The number of halogens is 1. The molecular formula is C19H25FN4O2S. The second-order valence-electron chi connectivity index (χ2n) is 6.01. The number of hydrogen-bond donors (Lipinski definition) is 2. The first-order chi connectivity index (χ1) is 12.9. The predicted octanol–water partition coefficient (Wildman–Crippen LogP) is 2.33. The number of guanidine groups is 1. The van der Waals surface area contributed by atoms with Crippen LogP contribution >= 0.6 is 0 Å². The Kier molecular flexibility index (Phi) is 7.32. The minimum Gasteiger partial charge on any atom is -0.357 e. The van der Waals surface area contributed by atoms with Crippen LogP contribution < -0.4 is 10.0 Å². The molecule has 0 radical (unpaired) electrons. The number of nitrogens with one attached hydrogen (secondary N) is 2. The van der Waals surface area contributed by atoms with E-state index in [1.165, 1.54) is 19.2 Å². The Labute approximate surface area is 160 Å². The fourth-order valence-corrected chi connectivity index (χ4v) is 3.24. The lowest BCUT2D eigenvalue weighted by molar-refractivity contribution is 0.475. The molecule has 2 aromatic carbocycles. The van der Waals surface area contributed by atoms with Gasteiger partial charge in [0.1, 0.15) is 5.82 Å². The van der Waals surface area contributed by atoms with Crippen LogP contribution in [0.15, 0.2) is 58.4 Å². The van der Waals surface area contributed by atoms with Crippen LogP contribution in [0.5, 0.6) is 0 Å². The Morgan fingerprint density at radius 3 is 2.44 bits per heavy atom. The summed E-state index contributed by atoms with van der Waals surface area (Å²) in [6.45, 7) is 3.59. The molecule has 0 aliphatic carbocycles. The van der Waals surface area contributed by atoms with E-state index < -0.39 is 10.0 Å². The second-order valence-corrected chi connectivity index (χ2v) is 7.89. The quantitative estimate of drug-likeness (QED) is 0.560. The van der Waals surface area contributed by atoms with Gasteiger partial charge in [0, 0.05) is 20.1 Å². The van der Waals surface area contributed by atoms with Crippen molar-refractivity contribution in [1.82, 2.24) is 14.9 Å². The van der Waals surface area contributed by atoms with Crippen molar-refractivity contribution in [3.63, 3.8) is 0 Å². The van der Waals surface area contributed by atoms with Crippen molar-refractivity contribution in [3.05, 3.63) is 65.5 Å². The van der Waals surface area contributed by atoms with Gasteiger partial charge in [0.2, 0.25) is 10.0 Å². The van der Waals surface area contributed by atoms with Gasteiger partial charge in [0.15, 0.2) is 5.96 Å². The van der Waals surface area contributed by atoms with Crippen molar-refractivity contribution in [1.29, 1.82) is 0 Å². The highest BCUT2D eigenvalue weighted by Gasteiger charge is 2.11. The molecule has 0 fully saturated rings. The highest BCUT2D eigenvalue weighted by Crippen LogP contribution is 2.11. The number of sulfonamides is 1. The predicted molar refractivity (Wildman–Crippen MR) is 105 cm³/mol. The third kappa shape index (κ3) is 6.04. The fourth-order valence-electron chi connectivity index (χ4n) is 2.51. The molecule has 0 saturated heterocycles. The Morgan fingerprint density at radius 2 is 1.85 bits per heavy atom. The molecule has 6 nitrogen and oxygen atoms in total. The molecule has 0 aliphatic heterocycles. The highest BCUT2D eigenvalue weighted by molar-refractivity contribution is 7.89. The number of aliphatic imine (C=N–C) groups is 1. The SMILES string of the molecule is CCNC(=NCc1ccc(S(=O)(=O)NC)cc1)N(C)Cc1cccc(F)c1. The van der Waals surface area contributed by atoms with Crippen LogP contribution in [0.1, 0.15) is 18.1 Å². The van der Waals surface area contributed by atoms with Crippen LogP contribution in [0.2, 0.25) is 0 Å². The molecule has 0 heterocycles. The smallest absolute Gasteiger partial charge is 0.240 e. The van der Waals surface area contributed by atoms with Gasteiger partial charge in [0.05, 0.1) is 11.4 Å². The maximum Gasteiger partial charge on any atom is 0.240 e. The van der Waals surface area contributed by atoms with Crippen LogP contribution in [0, 0.1) is 5.82 Å². The Morgan fingerprint density at radius 1 is 1.15 bits per heavy atom. The molecule has 8 heteroatoms. The van der Waals surface area contributed by atoms with E-state index in [2.05, 4.69) is 15.0 Å². The molecule has 0 bridgehead atoms. The molecule has 146 valence electrons. The molecule has 0 aliphatic rings. The van der Waals surface area contributed by atoms with Gasteiger partial charge >= 0.3 is 0 Å². The monoisotopic (exact) mass is 392 g/mol. The first-order valence-electron chi connectivity index (χ1n) is 8.62. The molecule has 0 spiro atoms. The molecule has 0 atom stereocenters. The van der Waals surface area contributed by atoms with Gasteiger partial charge in [-0.1, -0.05) is 24.3 Å². The van der Waals surface area contributed by atoms with E-state index in [4.69, 9.17) is 0 Å². The molecule has 27 heavy (non-hydrogen) atoms. The van der Waals surface area contributed by atoms with Crippen molar-refractivity contribution >= 4 is 16.0 Å². The normalized spacial score (nSPS) is 12.1. The van der Waals surface area contributed by atoms with E-state index in [0.717, 1.165) is 11.1 Å². The Hall–Kier alpha value is -2.45. The van der Waals surface area contributed by atoms with Crippen molar-refractivity contribution in [2.75, 3.05) is 20.6 Å². The maximum atomic E-state index is 13.4. The Bertz CT molecular complexity index is 883. The molecular weight excluding hydrogens is 367 g/mol. The summed E-state index contributed by atoms with van der Waals surface area (Å²) >= 11 is 0. The summed E-state index contributed by atoms with van der Waals surface area (Å²) in [5.41, 5.74) is 1.74. The zero-order valence-electron chi connectivity index (χ0n) is 15.7. The van der Waals surface area contributed by atoms with Crippen molar-refractivity contribution in [2.24, 2.45) is 4.99 Å². The summed E-state index contributed by atoms with van der Waals surface area (Å²) in [5, 5.41) is 3.21. The molecule has 0 unspecified atom stereocenters. The zero-order chi connectivity index (χ0) is 19.9. The molecule has 2 N–H and O–H groups in total. The number of rotatable bonds is 7. The third-order valence-corrected chi connectivity index (χ3v) is 5.35. The molecule has 2 rings (SSSR count).